The number of fused-ring (bicyclic) bond motifs is 10. The molecular weight excluding hydrogens is 787 g/mol. The zero-order chi connectivity index (χ0) is 41.4. The summed E-state index contributed by atoms with van der Waals surface area (Å²) in [7, 11) is 0. The monoisotopic (exact) mass is 821 g/mol. The zero-order valence-corrected chi connectivity index (χ0v) is 34.7. The van der Waals surface area contributed by atoms with E-state index in [1.165, 1.54) is 25.6 Å². The predicted octanol–water partition coefficient (Wildman–Crippen LogP) is 15.1. The number of hydrogen-bond donors (Lipinski definition) is 0. The maximum absolute atomic E-state index is 5.46. The fraction of sp³-hybridized carbons (Fsp3) is 0. The van der Waals surface area contributed by atoms with Crippen LogP contribution >= 0.6 is 11.3 Å². The molecule has 0 saturated heterocycles. The van der Waals surface area contributed by atoms with Gasteiger partial charge in [0, 0.05) is 58.4 Å². The van der Waals surface area contributed by atoms with E-state index < -0.39 is 0 Å². The van der Waals surface area contributed by atoms with E-state index in [4.69, 9.17) is 15.0 Å². The molecule has 63 heavy (non-hydrogen) atoms. The highest BCUT2D eigenvalue weighted by Gasteiger charge is 2.25. The molecule has 0 N–H and O–H groups in total. The van der Waals surface area contributed by atoms with Crippen LogP contribution in [-0.2, 0) is 0 Å². The Kier molecular flexibility index (Phi) is 8.01. The largest absolute Gasteiger partial charge is 0.307 e. The molecule has 0 saturated carbocycles. The first-order valence-electron chi connectivity index (χ1n) is 21.2. The Morgan fingerprint density at radius 2 is 0.841 bits per heavy atom. The second kappa shape index (κ2) is 14.2. The number of para-hydroxylation sites is 2. The van der Waals surface area contributed by atoms with E-state index in [2.05, 4.69) is 203 Å². The van der Waals surface area contributed by atoms with Crippen molar-refractivity contribution >= 4 is 75.1 Å². The lowest BCUT2D eigenvalue weighted by Crippen LogP contribution is -2.07. The minimum Gasteiger partial charge on any atom is -0.307 e. The van der Waals surface area contributed by atoms with Crippen molar-refractivity contribution in [3.05, 3.63) is 212 Å². The van der Waals surface area contributed by atoms with Crippen molar-refractivity contribution in [3.63, 3.8) is 0 Å². The lowest BCUT2D eigenvalue weighted by Gasteiger charge is -2.17. The van der Waals surface area contributed by atoms with E-state index in [-0.39, 0.29) is 0 Å². The SMILES string of the molecule is c1ccc(-c2ccc(-c3ccccc3)c(-n3c4ccccc4c4ccc5c6ccccc6n(-c6nc(-c7ccccc7)nc(-c7ccc8sc9ccccc9c8c7)n6)c5c43)c2)cc1. The molecule has 0 fully saturated rings. The number of thiophene rings is 1. The summed E-state index contributed by atoms with van der Waals surface area (Å²) in [6, 6.07) is 75.7. The summed E-state index contributed by atoms with van der Waals surface area (Å²) in [5, 5.41) is 7.01. The van der Waals surface area contributed by atoms with Gasteiger partial charge in [-0.05, 0) is 59.2 Å². The number of aromatic nitrogens is 5. The van der Waals surface area contributed by atoms with E-state index in [9.17, 15) is 0 Å². The Balaban J connectivity index is 1.16. The standard InChI is InChI=1S/C57H35N5S/c1-4-16-36(17-5-1)39-28-30-41(37-18-6-2-7-19-37)50(35-39)61-48-25-13-10-22-42(48)45-31-32-46-43-23-11-14-26-49(43)62(54(46)53(45)61)57-59-55(38-20-8-3-9-21-38)58-56(60-57)40-29-33-52-47(34-40)44-24-12-15-27-51(44)63-52/h1-35H. The van der Waals surface area contributed by atoms with Crippen molar-refractivity contribution in [2.45, 2.75) is 0 Å². The van der Waals surface area contributed by atoms with Crippen LogP contribution in [0.1, 0.15) is 0 Å². The summed E-state index contributed by atoms with van der Waals surface area (Å²) >= 11 is 1.81. The van der Waals surface area contributed by atoms with Crippen molar-refractivity contribution in [2.75, 3.05) is 0 Å². The smallest absolute Gasteiger partial charge is 0.238 e. The molecule has 0 spiro atoms. The molecule has 13 rings (SSSR count). The predicted molar refractivity (Wildman–Crippen MR) is 263 cm³/mol. The molecule has 294 valence electrons. The quantitative estimate of drug-likeness (QED) is 0.168. The molecule has 0 amide bonds. The fourth-order valence-electron chi connectivity index (χ4n) is 9.52. The molecule has 0 aliphatic rings. The van der Waals surface area contributed by atoms with Crippen LogP contribution in [0.3, 0.4) is 0 Å². The lowest BCUT2D eigenvalue weighted by molar-refractivity contribution is 0.953. The third-order valence-electron chi connectivity index (χ3n) is 12.4. The highest BCUT2D eigenvalue weighted by atomic mass is 32.1. The summed E-state index contributed by atoms with van der Waals surface area (Å²) in [5.41, 5.74) is 11.8. The maximum Gasteiger partial charge on any atom is 0.238 e. The minimum absolute atomic E-state index is 0.561. The van der Waals surface area contributed by atoms with Crippen LogP contribution < -0.4 is 0 Å². The molecule has 6 heteroatoms. The highest BCUT2D eigenvalue weighted by Crippen LogP contribution is 2.44. The van der Waals surface area contributed by atoms with Gasteiger partial charge in [-0.25, -0.2) is 4.98 Å². The third-order valence-corrected chi connectivity index (χ3v) is 13.5. The Morgan fingerprint density at radius 3 is 1.54 bits per heavy atom. The van der Waals surface area contributed by atoms with Crippen LogP contribution in [0.5, 0.6) is 0 Å². The number of hydrogen-bond acceptors (Lipinski definition) is 4. The van der Waals surface area contributed by atoms with Gasteiger partial charge in [0.05, 0.1) is 27.8 Å². The van der Waals surface area contributed by atoms with Gasteiger partial charge in [0.25, 0.3) is 0 Å². The number of rotatable bonds is 6. The van der Waals surface area contributed by atoms with Gasteiger partial charge in [-0.1, -0.05) is 170 Å². The van der Waals surface area contributed by atoms with Gasteiger partial charge in [0.1, 0.15) is 0 Å². The molecule has 0 atom stereocenters. The van der Waals surface area contributed by atoms with Crippen molar-refractivity contribution in [1.82, 2.24) is 24.1 Å². The van der Waals surface area contributed by atoms with Crippen LogP contribution in [0.4, 0.5) is 0 Å². The van der Waals surface area contributed by atoms with E-state index >= 15 is 0 Å². The Hall–Kier alpha value is -8.19. The Labute approximate surface area is 366 Å². The summed E-state index contributed by atoms with van der Waals surface area (Å²) < 4.78 is 7.26. The molecule has 9 aromatic carbocycles. The zero-order valence-electron chi connectivity index (χ0n) is 33.9. The van der Waals surface area contributed by atoms with E-state index in [0.717, 1.165) is 77.3 Å². The lowest BCUT2D eigenvalue weighted by atomic mass is 9.98. The number of benzene rings is 9. The number of nitrogens with zero attached hydrogens (tertiary/aromatic N) is 5. The highest BCUT2D eigenvalue weighted by molar-refractivity contribution is 7.25. The molecule has 0 aliphatic heterocycles. The first kappa shape index (κ1) is 35.6. The topological polar surface area (TPSA) is 48.5 Å². The summed E-state index contributed by atoms with van der Waals surface area (Å²) in [6.45, 7) is 0. The maximum atomic E-state index is 5.46. The van der Waals surface area contributed by atoms with Gasteiger partial charge >= 0.3 is 0 Å². The summed E-state index contributed by atoms with van der Waals surface area (Å²) in [5.74, 6) is 1.80. The van der Waals surface area contributed by atoms with Gasteiger partial charge in [-0.2, -0.15) is 9.97 Å². The van der Waals surface area contributed by atoms with Gasteiger partial charge in [0.15, 0.2) is 11.6 Å². The Bertz CT molecular complexity index is 3900. The van der Waals surface area contributed by atoms with Crippen LogP contribution in [0.2, 0.25) is 0 Å². The molecule has 0 unspecified atom stereocenters. The van der Waals surface area contributed by atoms with Crippen LogP contribution in [0.25, 0.3) is 120 Å². The molecule has 5 nitrogen and oxygen atoms in total. The van der Waals surface area contributed by atoms with Crippen LogP contribution in [0, 0.1) is 0 Å². The normalized spacial score (nSPS) is 11.8. The first-order valence-corrected chi connectivity index (χ1v) is 22.0. The first-order chi connectivity index (χ1) is 31.2. The third kappa shape index (κ3) is 5.66. The average molecular weight is 822 g/mol. The Morgan fingerprint density at radius 1 is 0.317 bits per heavy atom. The van der Waals surface area contributed by atoms with Gasteiger partial charge in [0.2, 0.25) is 5.95 Å². The second-order valence-corrected chi connectivity index (χ2v) is 17.1. The molecule has 0 bridgehead atoms. The summed E-state index contributed by atoms with van der Waals surface area (Å²) in [6.07, 6.45) is 0. The molecule has 4 heterocycles. The molecular formula is C57H35N5S. The van der Waals surface area contributed by atoms with Gasteiger partial charge in [-0.3, -0.25) is 4.57 Å². The minimum atomic E-state index is 0.561. The van der Waals surface area contributed by atoms with Gasteiger partial charge < -0.3 is 4.57 Å². The van der Waals surface area contributed by atoms with Crippen molar-refractivity contribution < 1.29 is 0 Å². The molecule has 4 aromatic heterocycles. The average Bonchev–Trinajstić information content (AvgIpc) is 4.02. The van der Waals surface area contributed by atoms with E-state index in [1.54, 1.807) is 0 Å². The summed E-state index contributed by atoms with van der Waals surface area (Å²) in [4.78, 5) is 16.1. The molecule has 0 aliphatic carbocycles. The molecule has 0 radical (unpaired) electrons. The van der Waals surface area contributed by atoms with Crippen LogP contribution in [0.15, 0.2) is 212 Å². The van der Waals surface area contributed by atoms with E-state index in [1.807, 2.05) is 29.5 Å². The van der Waals surface area contributed by atoms with Crippen molar-refractivity contribution in [2.24, 2.45) is 0 Å². The van der Waals surface area contributed by atoms with Gasteiger partial charge in [-0.15, -0.1) is 11.3 Å². The van der Waals surface area contributed by atoms with E-state index in [0.29, 0.717) is 17.6 Å². The fourth-order valence-corrected chi connectivity index (χ4v) is 10.6. The second-order valence-electron chi connectivity index (χ2n) is 16.0. The molecule has 13 aromatic rings. The van der Waals surface area contributed by atoms with Crippen molar-refractivity contribution in [1.29, 1.82) is 0 Å². The van der Waals surface area contributed by atoms with Crippen molar-refractivity contribution in [3.8, 4) is 56.7 Å². The van der Waals surface area contributed by atoms with Crippen LogP contribution in [-0.4, -0.2) is 24.1 Å².